The fraction of sp³-hybridized carbons (Fsp3) is 0.400. The third kappa shape index (κ3) is 4.03. The number of ether oxygens (including phenoxy) is 1. The Morgan fingerprint density at radius 3 is 2.54 bits per heavy atom. The van der Waals surface area contributed by atoms with E-state index in [1.807, 2.05) is 0 Å². The van der Waals surface area contributed by atoms with E-state index in [1.165, 1.54) is 12.1 Å². The summed E-state index contributed by atoms with van der Waals surface area (Å²) >= 11 is 0. The fourth-order valence-corrected chi connectivity index (χ4v) is 2.01. The Hall–Kier alpha value is -2.58. The molecule has 9 heteroatoms. The van der Waals surface area contributed by atoms with Crippen molar-refractivity contribution >= 4 is 23.6 Å². The van der Waals surface area contributed by atoms with Crippen LogP contribution in [0.1, 0.15) is 36.8 Å². The molecular weight excluding hydrogens is 327 g/mol. The number of pyridine rings is 1. The highest BCUT2D eigenvalue weighted by Crippen LogP contribution is 2.30. The van der Waals surface area contributed by atoms with Crippen molar-refractivity contribution in [2.24, 2.45) is 0 Å². The molecule has 2 aromatic heterocycles. The highest BCUT2D eigenvalue weighted by atomic mass is 19.4. The Bertz CT molecular complexity index is 776. The summed E-state index contributed by atoms with van der Waals surface area (Å²) in [5, 5.41) is 6.13. The molecule has 0 atom stereocenters. The zero-order valence-electron chi connectivity index (χ0n) is 13.3. The molecule has 0 saturated carbocycles. The topological polar surface area (TPSA) is 72.7 Å². The number of nitrogens with zero attached hydrogens (tertiary/aromatic N) is 2. The monoisotopic (exact) mass is 343 g/mol. The maximum Gasteiger partial charge on any atom is 0.435 e. The quantitative estimate of drug-likeness (QED) is 0.683. The van der Waals surface area contributed by atoms with Crippen LogP contribution < -0.4 is 5.32 Å². The first-order chi connectivity index (χ1) is 11.0. The number of aldehydes is 1. The van der Waals surface area contributed by atoms with Gasteiger partial charge in [0, 0.05) is 5.56 Å². The van der Waals surface area contributed by atoms with Gasteiger partial charge in [0.2, 0.25) is 0 Å². The maximum atomic E-state index is 12.8. The van der Waals surface area contributed by atoms with E-state index in [9.17, 15) is 22.8 Å². The molecule has 0 aliphatic carbocycles. The van der Waals surface area contributed by atoms with Gasteiger partial charge in [-0.25, -0.2) is 4.52 Å². The van der Waals surface area contributed by atoms with E-state index in [0.717, 1.165) is 10.6 Å². The van der Waals surface area contributed by atoms with E-state index < -0.39 is 23.4 Å². The van der Waals surface area contributed by atoms with Gasteiger partial charge >= 0.3 is 12.1 Å². The summed E-state index contributed by atoms with van der Waals surface area (Å²) in [6.07, 6.45) is -4.20. The Balaban J connectivity index is 2.32. The van der Waals surface area contributed by atoms with Gasteiger partial charge in [-0.2, -0.15) is 18.3 Å². The summed E-state index contributed by atoms with van der Waals surface area (Å²) in [5.41, 5.74) is -1.76. The van der Waals surface area contributed by atoms with Crippen molar-refractivity contribution in [3.05, 3.63) is 29.5 Å². The van der Waals surface area contributed by atoms with Gasteiger partial charge in [-0.1, -0.05) is 0 Å². The minimum Gasteiger partial charge on any atom is -0.459 e. The minimum atomic E-state index is -4.64. The Morgan fingerprint density at radius 1 is 1.33 bits per heavy atom. The van der Waals surface area contributed by atoms with E-state index in [-0.39, 0.29) is 23.4 Å². The van der Waals surface area contributed by atoms with Gasteiger partial charge < -0.3 is 10.1 Å². The number of anilines is 1. The molecule has 6 nitrogen and oxygen atoms in total. The third-order valence-corrected chi connectivity index (χ3v) is 2.91. The molecule has 0 aliphatic rings. The normalized spacial score (nSPS) is 12.2. The van der Waals surface area contributed by atoms with E-state index in [1.54, 1.807) is 20.8 Å². The number of halogens is 3. The molecule has 2 rings (SSSR count). The van der Waals surface area contributed by atoms with Crippen LogP contribution >= 0.6 is 0 Å². The molecule has 1 N–H and O–H groups in total. The zero-order valence-corrected chi connectivity index (χ0v) is 13.3. The van der Waals surface area contributed by atoms with Gasteiger partial charge in [-0.05, 0) is 39.0 Å². The molecular formula is C15H16F3N3O3. The van der Waals surface area contributed by atoms with E-state index in [4.69, 9.17) is 4.74 Å². The summed E-state index contributed by atoms with van der Waals surface area (Å²) in [6.45, 7) is 4.84. The highest BCUT2D eigenvalue weighted by molar-refractivity contribution is 5.87. The number of hydrogen-bond donors (Lipinski definition) is 1. The zero-order chi connectivity index (χ0) is 18.1. The lowest BCUT2D eigenvalue weighted by Crippen LogP contribution is -2.28. The molecule has 0 unspecified atom stereocenters. The molecule has 0 aromatic carbocycles. The average molecular weight is 343 g/mol. The lowest BCUT2D eigenvalue weighted by molar-refractivity contribution is -0.152. The standard InChI is InChI=1S/C15H16F3N3O3/c1-14(2,3)24-13(23)7-19-12-5-4-9(8-22)10-6-11(15(16,17)18)20-21(10)12/h4-6,8,19H,7H2,1-3H3. The minimum absolute atomic E-state index is 0.00786. The predicted molar refractivity (Wildman–Crippen MR) is 79.9 cm³/mol. The molecule has 0 aliphatic heterocycles. The van der Waals surface area contributed by atoms with Gasteiger partial charge in [-0.15, -0.1) is 0 Å². The molecule has 0 spiro atoms. The number of esters is 1. The summed E-state index contributed by atoms with van der Waals surface area (Å²) in [7, 11) is 0. The van der Waals surface area contributed by atoms with Crippen LogP contribution in [0.2, 0.25) is 0 Å². The number of nitrogens with one attached hydrogen (secondary N) is 1. The number of rotatable bonds is 4. The van der Waals surface area contributed by atoms with E-state index >= 15 is 0 Å². The number of carbonyl (C=O) groups excluding carboxylic acids is 2. The number of fused-ring (bicyclic) bond motifs is 1. The van der Waals surface area contributed by atoms with Crippen LogP contribution in [0.4, 0.5) is 19.0 Å². The van der Waals surface area contributed by atoms with Crippen LogP contribution in [0.15, 0.2) is 18.2 Å². The molecule has 0 saturated heterocycles. The summed E-state index contributed by atoms with van der Waals surface area (Å²) in [6, 6.07) is 3.50. The average Bonchev–Trinajstić information content (AvgIpc) is 2.88. The lowest BCUT2D eigenvalue weighted by Gasteiger charge is -2.19. The number of carbonyl (C=O) groups is 2. The van der Waals surface area contributed by atoms with Crippen molar-refractivity contribution in [2.45, 2.75) is 32.5 Å². The van der Waals surface area contributed by atoms with Crippen LogP contribution in [0.25, 0.3) is 5.52 Å². The predicted octanol–water partition coefficient (Wildman–Crippen LogP) is 2.92. The van der Waals surface area contributed by atoms with E-state index in [0.29, 0.717) is 6.29 Å². The molecule has 24 heavy (non-hydrogen) atoms. The second-order valence-corrected chi connectivity index (χ2v) is 6.06. The van der Waals surface area contributed by atoms with E-state index in [2.05, 4.69) is 10.4 Å². The van der Waals surface area contributed by atoms with Crippen molar-refractivity contribution in [3.8, 4) is 0 Å². The first-order valence-electron chi connectivity index (χ1n) is 7.02. The van der Waals surface area contributed by atoms with Crippen molar-refractivity contribution in [1.82, 2.24) is 9.61 Å². The third-order valence-electron chi connectivity index (χ3n) is 2.91. The second kappa shape index (κ2) is 6.14. The molecule has 0 fully saturated rings. The van der Waals surface area contributed by atoms with Crippen molar-refractivity contribution in [1.29, 1.82) is 0 Å². The lowest BCUT2D eigenvalue weighted by atomic mass is 10.2. The molecule has 130 valence electrons. The number of aromatic nitrogens is 2. The Morgan fingerprint density at radius 2 is 2.00 bits per heavy atom. The van der Waals surface area contributed by atoms with Crippen LogP contribution in [-0.4, -0.2) is 34.0 Å². The van der Waals surface area contributed by atoms with Crippen molar-refractivity contribution in [2.75, 3.05) is 11.9 Å². The Labute approximate surface area is 135 Å². The summed E-state index contributed by atoms with van der Waals surface area (Å²) in [4.78, 5) is 22.7. The molecule has 0 bridgehead atoms. The van der Waals surface area contributed by atoms with Crippen LogP contribution in [-0.2, 0) is 15.7 Å². The molecule has 0 radical (unpaired) electrons. The van der Waals surface area contributed by atoms with Crippen molar-refractivity contribution in [3.63, 3.8) is 0 Å². The van der Waals surface area contributed by atoms with Crippen LogP contribution in [0, 0.1) is 0 Å². The summed E-state index contributed by atoms with van der Waals surface area (Å²) in [5.74, 6) is -0.435. The molecule has 0 amide bonds. The van der Waals surface area contributed by atoms with Gasteiger partial charge in [0.25, 0.3) is 0 Å². The first kappa shape index (κ1) is 17.8. The van der Waals surface area contributed by atoms with Gasteiger partial charge in [-0.3, -0.25) is 9.59 Å². The van der Waals surface area contributed by atoms with Crippen molar-refractivity contribution < 1.29 is 27.5 Å². The van der Waals surface area contributed by atoms with Gasteiger partial charge in [0.05, 0.1) is 5.52 Å². The number of alkyl halides is 3. The maximum absolute atomic E-state index is 12.8. The van der Waals surface area contributed by atoms with Gasteiger partial charge in [0.1, 0.15) is 18.0 Å². The van der Waals surface area contributed by atoms with Crippen LogP contribution in [0.5, 0.6) is 0 Å². The smallest absolute Gasteiger partial charge is 0.435 e. The van der Waals surface area contributed by atoms with Crippen LogP contribution in [0.3, 0.4) is 0 Å². The molecule has 2 aromatic rings. The number of hydrogen-bond acceptors (Lipinski definition) is 5. The largest absolute Gasteiger partial charge is 0.459 e. The first-order valence-corrected chi connectivity index (χ1v) is 7.02. The second-order valence-electron chi connectivity index (χ2n) is 6.06. The SMILES string of the molecule is CC(C)(C)OC(=O)CNc1ccc(C=O)c2cc(C(F)(F)F)nn12. The summed E-state index contributed by atoms with van der Waals surface area (Å²) < 4.78 is 44.6. The molecule has 2 heterocycles. The Kier molecular flexibility index (Phi) is 4.54. The fourth-order valence-electron chi connectivity index (χ4n) is 2.01. The highest BCUT2D eigenvalue weighted by Gasteiger charge is 2.34. The van der Waals surface area contributed by atoms with Gasteiger partial charge in [0.15, 0.2) is 12.0 Å².